The van der Waals surface area contributed by atoms with Gasteiger partial charge in [-0.25, -0.2) is 9.59 Å². The molecule has 0 radical (unpaired) electrons. The summed E-state index contributed by atoms with van der Waals surface area (Å²) in [7, 11) is 0. The van der Waals surface area contributed by atoms with Gasteiger partial charge in [0.25, 0.3) is 0 Å². The van der Waals surface area contributed by atoms with Gasteiger partial charge in [0, 0.05) is 45.0 Å². The lowest BCUT2D eigenvalue weighted by atomic mass is 10.2. The van der Waals surface area contributed by atoms with Crippen LogP contribution in [0.25, 0.3) is 0 Å². The van der Waals surface area contributed by atoms with E-state index in [9.17, 15) is 9.59 Å². The highest BCUT2D eigenvalue weighted by atomic mass is 127. The number of nitrogens with one attached hydrogen (secondary N) is 2. The van der Waals surface area contributed by atoms with Crippen LogP contribution in [0.5, 0.6) is 0 Å². The number of urea groups is 1. The average molecular weight is 570 g/mol. The molecule has 10 heteroatoms. The Morgan fingerprint density at radius 1 is 1.12 bits per heavy atom. The summed E-state index contributed by atoms with van der Waals surface area (Å²) in [5.41, 5.74) is 1.39. The predicted octanol–water partition coefficient (Wildman–Crippen LogP) is 3.31. The number of rotatable bonds is 3. The summed E-state index contributed by atoms with van der Waals surface area (Å²) in [5, 5.41) is 6.43. The highest BCUT2D eigenvalue weighted by Gasteiger charge is 2.36. The number of anilines is 1. The third-order valence-electron chi connectivity index (χ3n) is 5.88. The Balaban J connectivity index is 0.00000306. The first-order valence-corrected chi connectivity index (χ1v) is 11.5. The van der Waals surface area contributed by atoms with Crippen LogP contribution in [0.4, 0.5) is 15.3 Å². The number of ether oxygens (including phenoxy) is 1. The first-order valence-electron chi connectivity index (χ1n) is 11.5. The number of halogens is 1. The minimum Gasteiger partial charge on any atom is -0.444 e. The van der Waals surface area contributed by atoms with Crippen LogP contribution in [-0.4, -0.2) is 83.7 Å². The Morgan fingerprint density at radius 3 is 2.61 bits per heavy atom. The molecule has 1 aromatic rings. The quantitative estimate of drug-likeness (QED) is 0.545. The molecule has 1 atom stereocenters. The van der Waals surface area contributed by atoms with Crippen LogP contribution in [-0.2, 0) is 11.3 Å². The molecule has 0 aliphatic carbocycles. The van der Waals surface area contributed by atoms with Crippen molar-refractivity contribution >= 4 is 47.7 Å². The lowest BCUT2D eigenvalue weighted by Gasteiger charge is -2.39. The van der Waals surface area contributed by atoms with Crippen molar-refractivity contribution in [2.24, 2.45) is 4.99 Å². The maximum Gasteiger partial charge on any atom is 0.410 e. The molecule has 1 aromatic carbocycles. The van der Waals surface area contributed by atoms with E-state index in [-0.39, 0.29) is 42.1 Å². The smallest absolute Gasteiger partial charge is 0.410 e. The molecule has 0 bridgehead atoms. The number of guanidine groups is 1. The first-order chi connectivity index (χ1) is 15.3. The van der Waals surface area contributed by atoms with Crippen molar-refractivity contribution in [2.75, 3.05) is 44.6 Å². The molecule has 0 aromatic heterocycles. The van der Waals surface area contributed by atoms with Crippen LogP contribution < -0.4 is 10.6 Å². The molecule has 2 N–H and O–H groups in total. The fourth-order valence-corrected chi connectivity index (χ4v) is 4.29. The van der Waals surface area contributed by atoms with Gasteiger partial charge in [-0.15, -0.1) is 24.0 Å². The molecule has 0 saturated carbocycles. The topological polar surface area (TPSA) is 89.5 Å². The zero-order valence-electron chi connectivity index (χ0n) is 19.7. The minimum absolute atomic E-state index is 0. The number of aliphatic imine (C=N–C) groups is 1. The van der Waals surface area contributed by atoms with Crippen molar-refractivity contribution in [1.29, 1.82) is 0 Å². The second kappa shape index (κ2) is 10.8. The number of nitrogens with zero attached hydrogens (tertiary/aromatic N) is 4. The lowest BCUT2D eigenvalue weighted by molar-refractivity contribution is 0.0137. The molecule has 3 heterocycles. The van der Waals surface area contributed by atoms with Gasteiger partial charge in [0.2, 0.25) is 0 Å². The van der Waals surface area contributed by atoms with Crippen LogP contribution in [0, 0.1) is 0 Å². The van der Waals surface area contributed by atoms with E-state index in [0.717, 1.165) is 49.7 Å². The van der Waals surface area contributed by atoms with Gasteiger partial charge < -0.3 is 30.1 Å². The Labute approximate surface area is 212 Å². The SMILES string of the molecule is CC(C)(C)OC(=O)N1CCN2C(NCc3cccc(NC(=O)N4CCCC4)c3)=NCC2C1.I. The zero-order valence-corrected chi connectivity index (χ0v) is 22.0. The molecule has 3 amide bonds. The number of piperazine rings is 1. The Bertz CT molecular complexity index is 881. The molecule has 3 aliphatic rings. The van der Waals surface area contributed by atoms with Gasteiger partial charge in [-0.3, -0.25) is 4.99 Å². The summed E-state index contributed by atoms with van der Waals surface area (Å²) in [6, 6.07) is 8.04. The number of carbonyl (C=O) groups excluding carboxylic acids is 2. The van der Waals surface area contributed by atoms with Crippen molar-refractivity contribution in [3.05, 3.63) is 29.8 Å². The molecule has 2 fully saturated rings. The van der Waals surface area contributed by atoms with Crippen LogP contribution >= 0.6 is 24.0 Å². The van der Waals surface area contributed by atoms with E-state index in [2.05, 4.69) is 20.5 Å². The Morgan fingerprint density at radius 2 is 1.88 bits per heavy atom. The second-order valence-corrected chi connectivity index (χ2v) is 9.62. The van der Waals surface area contributed by atoms with Gasteiger partial charge in [-0.05, 0) is 51.3 Å². The standard InChI is InChI=1S/C23H34N6O3.HI/c1-23(2,3)32-22(31)28-11-12-29-19(16-28)15-25-20(29)24-14-17-7-6-8-18(13-17)26-21(30)27-9-4-5-10-27;/h6-8,13,19H,4-5,9-12,14-16H2,1-3H3,(H,24,25)(H,26,30);1H. The van der Waals surface area contributed by atoms with Gasteiger partial charge in [0.05, 0.1) is 12.6 Å². The fourth-order valence-electron chi connectivity index (χ4n) is 4.29. The molecule has 33 heavy (non-hydrogen) atoms. The van der Waals surface area contributed by atoms with E-state index in [1.54, 1.807) is 4.90 Å². The number of benzene rings is 1. The number of fused-ring (bicyclic) bond motifs is 1. The minimum atomic E-state index is -0.490. The van der Waals surface area contributed by atoms with Crippen LogP contribution in [0.1, 0.15) is 39.2 Å². The van der Waals surface area contributed by atoms with Crippen LogP contribution in [0.15, 0.2) is 29.3 Å². The third kappa shape index (κ3) is 6.64. The zero-order chi connectivity index (χ0) is 22.7. The van der Waals surface area contributed by atoms with E-state index in [0.29, 0.717) is 26.2 Å². The van der Waals surface area contributed by atoms with Crippen LogP contribution in [0.3, 0.4) is 0 Å². The summed E-state index contributed by atoms with van der Waals surface area (Å²) in [4.78, 5) is 35.3. The van der Waals surface area contributed by atoms with E-state index in [4.69, 9.17) is 4.74 Å². The molecule has 3 aliphatic heterocycles. The summed E-state index contributed by atoms with van der Waals surface area (Å²) in [6.07, 6.45) is 1.89. The number of amides is 3. The Kier molecular flexibility index (Phi) is 8.30. The summed E-state index contributed by atoms with van der Waals surface area (Å²) in [5.74, 6) is 0.866. The molecule has 0 spiro atoms. The number of hydrogen-bond acceptors (Lipinski definition) is 6. The maximum atomic E-state index is 12.4. The van der Waals surface area contributed by atoms with Gasteiger partial charge in [0.15, 0.2) is 5.96 Å². The fraction of sp³-hybridized carbons (Fsp3) is 0.609. The molecule has 182 valence electrons. The van der Waals surface area contributed by atoms with Crippen molar-refractivity contribution < 1.29 is 14.3 Å². The maximum absolute atomic E-state index is 12.4. The van der Waals surface area contributed by atoms with Crippen molar-refractivity contribution in [3.8, 4) is 0 Å². The van der Waals surface area contributed by atoms with Crippen molar-refractivity contribution in [3.63, 3.8) is 0 Å². The number of likely N-dealkylation sites (tertiary alicyclic amines) is 1. The normalized spacial score (nSPS) is 20.0. The summed E-state index contributed by atoms with van der Waals surface area (Å²) >= 11 is 0. The molecule has 1 unspecified atom stereocenters. The van der Waals surface area contributed by atoms with Crippen molar-refractivity contribution in [1.82, 2.24) is 20.0 Å². The van der Waals surface area contributed by atoms with Crippen molar-refractivity contribution in [2.45, 2.75) is 51.8 Å². The van der Waals surface area contributed by atoms with Gasteiger partial charge in [-0.1, -0.05) is 12.1 Å². The third-order valence-corrected chi connectivity index (χ3v) is 5.88. The molecule has 2 saturated heterocycles. The van der Waals surface area contributed by atoms with Gasteiger partial charge >= 0.3 is 12.1 Å². The van der Waals surface area contributed by atoms with Gasteiger partial charge in [-0.2, -0.15) is 0 Å². The molecule has 4 rings (SSSR count). The predicted molar refractivity (Wildman–Crippen MR) is 139 cm³/mol. The van der Waals surface area contributed by atoms with E-state index >= 15 is 0 Å². The van der Waals surface area contributed by atoms with Crippen LogP contribution in [0.2, 0.25) is 0 Å². The highest BCUT2D eigenvalue weighted by Crippen LogP contribution is 2.19. The molecular weight excluding hydrogens is 535 g/mol. The molecule has 9 nitrogen and oxygen atoms in total. The second-order valence-electron chi connectivity index (χ2n) is 9.62. The molecular formula is C23H35IN6O3. The first kappa shape index (κ1) is 25.4. The average Bonchev–Trinajstić information content (AvgIpc) is 3.41. The Hall–Kier alpha value is -2.24. The monoisotopic (exact) mass is 570 g/mol. The van der Waals surface area contributed by atoms with Gasteiger partial charge in [0.1, 0.15) is 5.60 Å². The van der Waals surface area contributed by atoms with E-state index < -0.39 is 5.60 Å². The van der Waals surface area contributed by atoms with E-state index in [1.165, 1.54) is 0 Å². The lowest BCUT2D eigenvalue weighted by Crippen LogP contribution is -2.57. The highest BCUT2D eigenvalue weighted by molar-refractivity contribution is 14.0. The number of hydrogen-bond donors (Lipinski definition) is 2. The summed E-state index contributed by atoms with van der Waals surface area (Å²) < 4.78 is 5.51. The van der Waals surface area contributed by atoms with E-state index in [1.807, 2.05) is 49.9 Å². The summed E-state index contributed by atoms with van der Waals surface area (Å²) in [6.45, 7) is 10.5. The largest absolute Gasteiger partial charge is 0.444 e. The number of carbonyl (C=O) groups is 2.